The Labute approximate surface area is 64.4 Å². The molecule has 0 N–H and O–H groups in total. The molecule has 0 heterocycles. The van der Waals surface area contributed by atoms with Crippen molar-refractivity contribution in [2.75, 3.05) is 7.11 Å². The summed E-state index contributed by atoms with van der Waals surface area (Å²) >= 11 is 0. The van der Waals surface area contributed by atoms with Gasteiger partial charge in [-0.2, -0.15) is 0 Å². The highest BCUT2D eigenvalue weighted by Crippen LogP contribution is 2.13. The van der Waals surface area contributed by atoms with Crippen LogP contribution in [-0.4, -0.2) is 17.4 Å². The molecule has 0 aliphatic carbocycles. The van der Waals surface area contributed by atoms with Gasteiger partial charge in [-0.05, 0) is 18.6 Å². The van der Waals surface area contributed by atoms with Gasteiger partial charge < -0.3 is 4.74 Å². The first-order chi connectivity index (χ1) is 4.74. The lowest BCUT2D eigenvalue weighted by molar-refractivity contribution is 0.412. The largest absolute Gasteiger partial charge is 0.496 e. The third-order valence-corrected chi connectivity index (χ3v) is 1.71. The van der Waals surface area contributed by atoms with Crippen LogP contribution in [0.5, 0.6) is 5.75 Å². The first kappa shape index (κ1) is 7.35. The third-order valence-electron chi connectivity index (χ3n) is 1.39. The minimum atomic E-state index is 0.932. The maximum atomic E-state index is 5.08. The molecule has 0 aliphatic rings. The van der Waals surface area contributed by atoms with E-state index in [9.17, 15) is 0 Å². The average Bonchev–Trinajstić information content (AvgIpc) is 1.88. The first-order valence-corrected chi connectivity index (χ1v) is 3.60. The zero-order valence-electron chi connectivity index (χ0n) is 6.14. The van der Waals surface area contributed by atoms with Crippen LogP contribution in [-0.2, 0) is 0 Å². The molecule has 0 unspecified atom stereocenters. The van der Waals surface area contributed by atoms with Gasteiger partial charge in [0.15, 0.2) is 0 Å². The van der Waals surface area contributed by atoms with E-state index in [2.05, 4.69) is 10.2 Å². The molecule has 1 rings (SSSR count). The fourth-order valence-corrected chi connectivity index (χ4v) is 1.18. The zero-order valence-corrected chi connectivity index (χ0v) is 7.14. The Hall–Kier alpha value is -0.763. The van der Waals surface area contributed by atoms with Crippen molar-refractivity contribution < 1.29 is 4.74 Å². The van der Waals surface area contributed by atoms with E-state index in [4.69, 9.17) is 4.74 Å². The highest BCUT2D eigenvalue weighted by Gasteiger charge is 1.94. The summed E-state index contributed by atoms with van der Waals surface area (Å²) in [7, 11) is 5.09. The van der Waals surface area contributed by atoms with Crippen LogP contribution in [0.25, 0.3) is 0 Å². The molecule has 10 heavy (non-hydrogen) atoms. The predicted octanol–water partition coefficient (Wildman–Crippen LogP) is 0.797. The van der Waals surface area contributed by atoms with Gasteiger partial charge in [-0.15, -0.1) is 0 Å². The molecular formula is C8H9OSi. The van der Waals surface area contributed by atoms with E-state index < -0.39 is 0 Å². The quantitative estimate of drug-likeness (QED) is 0.537. The Balaban J connectivity index is 3.07. The number of methoxy groups -OCH3 is 1. The summed E-state index contributed by atoms with van der Waals surface area (Å²) < 4.78 is 5.08. The summed E-state index contributed by atoms with van der Waals surface area (Å²) in [5.41, 5.74) is 1.15. The molecule has 0 fully saturated rings. The summed E-state index contributed by atoms with van der Waals surface area (Å²) in [6, 6.07) is 5.93. The van der Waals surface area contributed by atoms with Gasteiger partial charge in [0.05, 0.1) is 17.4 Å². The number of hydrogen-bond acceptors (Lipinski definition) is 1. The van der Waals surface area contributed by atoms with Crippen molar-refractivity contribution >= 4 is 15.4 Å². The molecule has 1 aromatic rings. The molecule has 1 aromatic carbocycles. The molecule has 1 nitrogen and oxygen atoms in total. The van der Waals surface area contributed by atoms with Gasteiger partial charge in [0, 0.05) is 0 Å². The van der Waals surface area contributed by atoms with Crippen molar-refractivity contribution in [1.82, 2.24) is 0 Å². The lowest BCUT2D eigenvalue weighted by Crippen LogP contribution is -2.02. The Kier molecular flexibility index (Phi) is 2.12. The summed E-state index contributed by atoms with van der Waals surface area (Å²) in [4.78, 5) is 0. The predicted molar refractivity (Wildman–Crippen MR) is 43.1 cm³/mol. The molecule has 0 saturated heterocycles. The monoisotopic (exact) mass is 149 g/mol. The molecule has 0 aromatic heterocycles. The molecule has 0 atom stereocenters. The summed E-state index contributed by atoms with van der Waals surface area (Å²) in [6.45, 7) is 2.02. The van der Waals surface area contributed by atoms with Gasteiger partial charge in [0.25, 0.3) is 0 Å². The Morgan fingerprint density at radius 2 is 2.10 bits per heavy atom. The van der Waals surface area contributed by atoms with Crippen molar-refractivity contribution in [1.29, 1.82) is 0 Å². The molecule has 3 radical (unpaired) electrons. The van der Waals surface area contributed by atoms with E-state index in [1.807, 2.05) is 25.1 Å². The van der Waals surface area contributed by atoms with Crippen LogP contribution in [0.3, 0.4) is 0 Å². The molecule has 2 heteroatoms. The molecule has 0 bridgehead atoms. The molecule has 0 aliphatic heterocycles. The van der Waals surface area contributed by atoms with Gasteiger partial charge in [-0.25, -0.2) is 0 Å². The second kappa shape index (κ2) is 2.88. The summed E-state index contributed by atoms with van der Waals surface area (Å²) in [6.07, 6.45) is 0. The number of ether oxygens (including phenoxy) is 1. The fraction of sp³-hybridized carbons (Fsp3) is 0.250. The van der Waals surface area contributed by atoms with E-state index in [0.29, 0.717) is 0 Å². The van der Waals surface area contributed by atoms with Gasteiger partial charge in [0.1, 0.15) is 5.75 Å². The van der Waals surface area contributed by atoms with E-state index >= 15 is 0 Å². The van der Waals surface area contributed by atoms with Crippen molar-refractivity contribution in [3.05, 3.63) is 23.8 Å². The molecular weight excluding hydrogens is 140 g/mol. The summed E-state index contributed by atoms with van der Waals surface area (Å²) in [5, 5.41) is 1.08. The van der Waals surface area contributed by atoms with E-state index in [-0.39, 0.29) is 0 Å². The Bertz CT molecular complexity index is 233. The topological polar surface area (TPSA) is 9.23 Å². The molecule has 51 valence electrons. The van der Waals surface area contributed by atoms with E-state index in [1.165, 1.54) is 0 Å². The average molecular weight is 149 g/mol. The van der Waals surface area contributed by atoms with Gasteiger partial charge in [-0.3, -0.25) is 0 Å². The number of hydrogen-bond donors (Lipinski definition) is 0. The van der Waals surface area contributed by atoms with Crippen LogP contribution in [0, 0.1) is 6.92 Å². The minimum Gasteiger partial charge on any atom is -0.496 e. The summed E-state index contributed by atoms with van der Waals surface area (Å²) in [5.74, 6) is 0.932. The van der Waals surface area contributed by atoms with Crippen LogP contribution in [0.2, 0.25) is 0 Å². The molecule has 0 amide bonds. The second-order valence-corrected chi connectivity index (χ2v) is 2.76. The van der Waals surface area contributed by atoms with Crippen molar-refractivity contribution in [2.24, 2.45) is 0 Å². The number of benzene rings is 1. The molecule has 0 spiro atoms. The van der Waals surface area contributed by atoms with Crippen molar-refractivity contribution in [2.45, 2.75) is 6.92 Å². The van der Waals surface area contributed by atoms with Crippen LogP contribution < -0.4 is 9.92 Å². The van der Waals surface area contributed by atoms with Gasteiger partial charge in [0.2, 0.25) is 0 Å². The lowest BCUT2D eigenvalue weighted by Gasteiger charge is -2.03. The van der Waals surface area contributed by atoms with E-state index in [0.717, 1.165) is 16.5 Å². The first-order valence-electron chi connectivity index (χ1n) is 3.10. The maximum absolute atomic E-state index is 5.08. The lowest BCUT2D eigenvalue weighted by atomic mass is 10.2. The SMILES string of the molecule is COc1ccc([Si])cc1C. The molecule has 0 saturated carbocycles. The normalized spacial score (nSPS) is 9.50. The van der Waals surface area contributed by atoms with Crippen LogP contribution >= 0.6 is 0 Å². The standard InChI is InChI=1S/C8H9OSi/c1-6-5-7(10)3-4-8(6)9-2/h3-5H,1-2H3. The van der Waals surface area contributed by atoms with Crippen LogP contribution in [0.1, 0.15) is 5.56 Å². The Morgan fingerprint density at radius 3 is 2.60 bits per heavy atom. The fourth-order valence-electron chi connectivity index (χ4n) is 0.878. The minimum absolute atomic E-state index is 0.932. The smallest absolute Gasteiger partial charge is 0.121 e. The highest BCUT2D eigenvalue weighted by molar-refractivity contribution is 6.32. The van der Waals surface area contributed by atoms with Crippen molar-refractivity contribution in [3.63, 3.8) is 0 Å². The number of rotatable bonds is 1. The van der Waals surface area contributed by atoms with Gasteiger partial charge >= 0.3 is 0 Å². The van der Waals surface area contributed by atoms with Crippen molar-refractivity contribution in [3.8, 4) is 5.75 Å². The van der Waals surface area contributed by atoms with Crippen LogP contribution in [0.4, 0.5) is 0 Å². The third kappa shape index (κ3) is 1.39. The van der Waals surface area contributed by atoms with Crippen LogP contribution in [0.15, 0.2) is 18.2 Å². The van der Waals surface area contributed by atoms with E-state index in [1.54, 1.807) is 7.11 Å². The highest BCUT2D eigenvalue weighted by atomic mass is 28.1. The zero-order chi connectivity index (χ0) is 7.56. The second-order valence-electron chi connectivity index (χ2n) is 2.18. The maximum Gasteiger partial charge on any atom is 0.121 e. The number of aryl methyl sites for hydroxylation is 1. The van der Waals surface area contributed by atoms with Gasteiger partial charge in [-0.1, -0.05) is 17.3 Å². The Morgan fingerprint density at radius 1 is 1.40 bits per heavy atom.